The van der Waals surface area contributed by atoms with Gasteiger partial charge in [0.1, 0.15) is 6.04 Å². The minimum atomic E-state index is -0.328. The standard InChI is InChI=1S/C22H28N6O3/c1-22(2,3)28-20(24-25-26-28)19(27-8-6-4-5-7-9-27)15-10-14-11-17-18(31-13-30-17)12-16(14)23-21(15)29/h10-12,19H,4-9,13H2,1-3H3,(H,23,29). The number of pyridine rings is 1. The third kappa shape index (κ3) is 3.67. The van der Waals surface area contributed by atoms with Crippen LogP contribution < -0.4 is 15.0 Å². The van der Waals surface area contributed by atoms with Crippen molar-refractivity contribution in [3.63, 3.8) is 0 Å². The normalized spacial score (nSPS) is 18.3. The first-order valence-corrected chi connectivity index (χ1v) is 10.9. The van der Waals surface area contributed by atoms with Gasteiger partial charge in [-0.3, -0.25) is 9.69 Å². The number of aromatic nitrogens is 5. The topological polar surface area (TPSA) is 98.2 Å². The van der Waals surface area contributed by atoms with Crippen LogP contribution in [-0.4, -0.2) is 50.0 Å². The fourth-order valence-corrected chi connectivity index (χ4v) is 4.51. The van der Waals surface area contributed by atoms with E-state index < -0.39 is 0 Å². The average molecular weight is 425 g/mol. The number of aromatic amines is 1. The Morgan fingerprint density at radius 3 is 2.45 bits per heavy atom. The van der Waals surface area contributed by atoms with Crippen molar-refractivity contribution in [2.75, 3.05) is 19.9 Å². The Labute approximate surface area is 180 Å². The van der Waals surface area contributed by atoms with Crippen molar-refractivity contribution < 1.29 is 9.47 Å². The van der Waals surface area contributed by atoms with Crippen molar-refractivity contribution in [1.82, 2.24) is 30.1 Å². The van der Waals surface area contributed by atoms with E-state index >= 15 is 0 Å². The van der Waals surface area contributed by atoms with Crippen LogP contribution >= 0.6 is 0 Å². The van der Waals surface area contributed by atoms with Gasteiger partial charge in [0.05, 0.1) is 11.1 Å². The first-order chi connectivity index (χ1) is 14.9. The summed E-state index contributed by atoms with van der Waals surface area (Å²) in [6, 6.07) is 5.37. The number of ether oxygens (including phenoxy) is 2. The Kier molecular flexibility index (Phi) is 4.92. The number of fused-ring (bicyclic) bond motifs is 2. The molecule has 2 aromatic heterocycles. The van der Waals surface area contributed by atoms with Crippen molar-refractivity contribution in [3.05, 3.63) is 39.9 Å². The smallest absolute Gasteiger partial charge is 0.253 e. The first kappa shape index (κ1) is 20.0. The Hall–Kier alpha value is -2.94. The molecule has 164 valence electrons. The summed E-state index contributed by atoms with van der Waals surface area (Å²) in [5, 5.41) is 13.6. The highest BCUT2D eigenvalue weighted by molar-refractivity contribution is 5.83. The van der Waals surface area contributed by atoms with Crippen molar-refractivity contribution in [2.45, 2.75) is 58.0 Å². The molecule has 0 radical (unpaired) electrons. The summed E-state index contributed by atoms with van der Waals surface area (Å²) in [6.45, 7) is 8.20. The second-order valence-corrected chi connectivity index (χ2v) is 9.32. The first-order valence-electron chi connectivity index (χ1n) is 10.9. The molecule has 1 atom stereocenters. The van der Waals surface area contributed by atoms with E-state index in [9.17, 15) is 4.79 Å². The van der Waals surface area contributed by atoms with Crippen LogP contribution in [0, 0.1) is 0 Å². The zero-order chi connectivity index (χ0) is 21.6. The summed E-state index contributed by atoms with van der Waals surface area (Å²) in [5.41, 5.74) is 0.930. The lowest BCUT2D eigenvalue weighted by atomic mass is 10.0. The summed E-state index contributed by atoms with van der Waals surface area (Å²) in [4.78, 5) is 18.7. The second-order valence-electron chi connectivity index (χ2n) is 9.32. The Bertz CT molecular complexity index is 1150. The van der Waals surface area contributed by atoms with E-state index in [0.717, 1.165) is 36.8 Å². The molecule has 1 unspecified atom stereocenters. The molecule has 0 amide bonds. The third-order valence-corrected chi connectivity index (χ3v) is 6.04. The lowest BCUT2D eigenvalue weighted by molar-refractivity contribution is 0.174. The summed E-state index contributed by atoms with van der Waals surface area (Å²) >= 11 is 0. The predicted molar refractivity (Wildman–Crippen MR) is 115 cm³/mol. The van der Waals surface area contributed by atoms with Gasteiger partial charge in [-0.1, -0.05) is 12.8 Å². The van der Waals surface area contributed by atoms with E-state index in [2.05, 4.69) is 46.2 Å². The lowest BCUT2D eigenvalue weighted by Gasteiger charge is -2.31. The molecule has 9 nitrogen and oxygen atoms in total. The molecule has 2 aliphatic rings. The van der Waals surface area contributed by atoms with Crippen LogP contribution in [0.5, 0.6) is 11.5 Å². The van der Waals surface area contributed by atoms with E-state index in [1.807, 2.05) is 22.9 Å². The highest BCUT2D eigenvalue weighted by Gasteiger charge is 2.33. The molecular weight excluding hydrogens is 396 g/mol. The molecular formula is C22H28N6O3. The van der Waals surface area contributed by atoms with Gasteiger partial charge in [-0.25, -0.2) is 4.68 Å². The largest absolute Gasteiger partial charge is 0.454 e. The summed E-state index contributed by atoms with van der Waals surface area (Å²) in [5.74, 6) is 2.04. The van der Waals surface area contributed by atoms with Gasteiger partial charge in [0.15, 0.2) is 17.3 Å². The maximum Gasteiger partial charge on any atom is 0.253 e. The van der Waals surface area contributed by atoms with Crippen molar-refractivity contribution >= 4 is 10.9 Å². The second kappa shape index (κ2) is 7.64. The molecule has 0 aliphatic carbocycles. The van der Waals surface area contributed by atoms with E-state index in [0.29, 0.717) is 22.9 Å². The minimum absolute atomic E-state index is 0.135. The Balaban J connectivity index is 1.68. The van der Waals surface area contributed by atoms with Gasteiger partial charge in [0.2, 0.25) is 6.79 Å². The van der Waals surface area contributed by atoms with Gasteiger partial charge in [-0.2, -0.15) is 0 Å². The van der Waals surface area contributed by atoms with Gasteiger partial charge in [-0.15, -0.1) is 5.10 Å². The molecule has 4 heterocycles. The number of nitrogens with zero attached hydrogens (tertiary/aromatic N) is 5. The van der Waals surface area contributed by atoms with Crippen LogP contribution in [0.2, 0.25) is 0 Å². The molecule has 0 saturated carbocycles. The number of tetrazole rings is 1. The number of hydrogen-bond acceptors (Lipinski definition) is 7. The van der Waals surface area contributed by atoms with E-state index in [-0.39, 0.29) is 23.9 Å². The van der Waals surface area contributed by atoms with Crippen LogP contribution in [0.15, 0.2) is 23.0 Å². The highest BCUT2D eigenvalue weighted by atomic mass is 16.7. The molecule has 3 aromatic rings. The van der Waals surface area contributed by atoms with Crippen molar-refractivity contribution in [1.29, 1.82) is 0 Å². The summed E-state index contributed by atoms with van der Waals surface area (Å²) < 4.78 is 12.8. The maximum absolute atomic E-state index is 13.3. The highest BCUT2D eigenvalue weighted by Crippen LogP contribution is 2.37. The van der Waals surface area contributed by atoms with Gasteiger partial charge < -0.3 is 14.5 Å². The van der Waals surface area contributed by atoms with Crippen LogP contribution in [0.1, 0.15) is 63.9 Å². The maximum atomic E-state index is 13.3. The van der Waals surface area contributed by atoms with Crippen LogP contribution in [0.3, 0.4) is 0 Å². The minimum Gasteiger partial charge on any atom is -0.454 e. The molecule has 0 bridgehead atoms. The summed E-state index contributed by atoms with van der Waals surface area (Å²) in [7, 11) is 0. The molecule has 1 aromatic carbocycles. The van der Waals surface area contributed by atoms with Crippen LogP contribution in [0.4, 0.5) is 0 Å². The fourth-order valence-electron chi connectivity index (χ4n) is 4.51. The number of hydrogen-bond donors (Lipinski definition) is 1. The van der Waals surface area contributed by atoms with E-state index in [1.165, 1.54) is 12.8 Å². The van der Waals surface area contributed by atoms with Crippen molar-refractivity contribution in [3.8, 4) is 11.5 Å². The van der Waals surface area contributed by atoms with E-state index in [1.54, 1.807) is 0 Å². The fraction of sp³-hybridized carbons (Fsp3) is 0.545. The molecule has 1 N–H and O–H groups in total. The number of likely N-dealkylation sites (tertiary alicyclic amines) is 1. The molecule has 31 heavy (non-hydrogen) atoms. The summed E-state index contributed by atoms with van der Waals surface area (Å²) in [6.07, 6.45) is 4.59. The van der Waals surface area contributed by atoms with Crippen LogP contribution in [-0.2, 0) is 5.54 Å². The number of benzene rings is 1. The predicted octanol–water partition coefficient (Wildman–Crippen LogP) is 2.96. The number of rotatable bonds is 3. The number of H-pyrrole nitrogens is 1. The lowest BCUT2D eigenvalue weighted by Crippen LogP contribution is -2.38. The molecule has 2 aliphatic heterocycles. The average Bonchev–Trinajstić information content (AvgIpc) is 3.30. The zero-order valence-corrected chi connectivity index (χ0v) is 18.2. The molecule has 5 rings (SSSR count). The Morgan fingerprint density at radius 1 is 1.03 bits per heavy atom. The van der Waals surface area contributed by atoms with Gasteiger partial charge in [-0.05, 0) is 69.3 Å². The van der Waals surface area contributed by atoms with Gasteiger partial charge in [0, 0.05) is 17.0 Å². The molecule has 1 fully saturated rings. The molecule has 0 spiro atoms. The number of nitrogens with one attached hydrogen (secondary N) is 1. The molecule has 9 heteroatoms. The van der Waals surface area contributed by atoms with Gasteiger partial charge >= 0.3 is 0 Å². The monoisotopic (exact) mass is 424 g/mol. The van der Waals surface area contributed by atoms with E-state index in [4.69, 9.17) is 9.47 Å². The Morgan fingerprint density at radius 2 is 1.74 bits per heavy atom. The van der Waals surface area contributed by atoms with Crippen LogP contribution in [0.25, 0.3) is 10.9 Å². The SMILES string of the molecule is CC(C)(C)n1nnnc1C(c1cc2cc3c(cc2[nH]c1=O)OCO3)N1CCCCCC1. The zero-order valence-electron chi connectivity index (χ0n) is 18.2. The third-order valence-electron chi connectivity index (χ3n) is 6.04. The molecule has 1 saturated heterocycles. The van der Waals surface area contributed by atoms with Gasteiger partial charge in [0.25, 0.3) is 5.56 Å². The quantitative estimate of drug-likeness (QED) is 0.690. The van der Waals surface area contributed by atoms with Crippen molar-refractivity contribution in [2.24, 2.45) is 0 Å².